The topological polar surface area (TPSA) is 98.0 Å². The first-order valence-corrected chi connectivity index (χ1v) is 11.0. The fourth-order valence-electron chi connectivity index (χ4n) is 3.96. The normalized spacial score (nSPS) is 14.0. The Morgan fingerprint density at radius 2 is 1.72 bits per heavy atom. The first-order valence-electron chi connectivity index (χ1n) is 10.1. The number of nitro groups is 1. The summed E-state index contributed by atoms with van der Waals surface area (Å²) in [6.45, 7) is 6.22. The van der Waals surface area contributed by atoms with E-state index in [1.54, 1.807) is 16.2 Å². The minimum atomic E-state index is -0.573. The Morgan fingerprint density at radius 3 is 2.34 bits per heavy atom. The van der Waals surface area contributed by atoms with Gasteiger partial charge in [-0.05, 0) is 31.0 Å². The van der Waals surface area contributed by atoms with E-state index in [1.165, 1.54) is 31.9 Å². The van der Waals surface area contributed by atoms with Crippen molar-refractivity contribution in [2.75, 3.05) is 45.3 Å². The molecule has 0 aliphatic carbocycles. The number of hydrogen-bond donors (Lipinski definition) is 0. The number of carbonyl (C=O) groups excluding carboxylic acids is 1. The Kier molecular flexibility index (Phi) is 5.88. The van der Waals surface area contributed by atoms with Crippen molar-refractivity contribution in [2.45, 2.75) is 13.8 Å². The number of fused-ring (bicyclic) bond motifs is 1. The van der Waals surface area contributed by atoms with Gasteiger partial charge >= 0.3 is 0 Å². The molecule has 0 unspecified atom stereocenters. The van der Waals surface area contributed by atoms with Crippen molar-refractivity contribution in [3.05, 3.63) is 51.1 Å². The maximum Gasteiger partial charge on any atom is 0.286 e. The van der Waals surface area contributed by atoms with Crippen LogP contribution in [0.15, 0.2) is 24.3 Å². The Balaban J connectivity index is 1.54. The Morgan fingerprint density at radius 1 is 1.06 bits per heavy atom. The first kappa shape index (κ1) is 21.8. The van der Waals surface area contributed by atoms with Crippen LogP contribution in [0.3, 0.4) is 0 Å². The van der Waals surface area contributed by atoms with E-state index in [0.29, 0.717) is 26.2 Å². The average molecular weight is 457 g/mol. The van der Waals surface area contributed by atoms with Crippen LogP contribution < -0.4 is 14.4 Å². The Hall–Kier alpha value is -3.40. The van der Waals surface area contributed by atoms with Gasteiger partial charge in [-0.1, -0.05) is 17.4 Å². The minimum absolute atomic E-state index is 0.00723. The van der Waals surface area contributed by atoms with Crippen molar-refractivity contribution in [1.29, 1.82) is 0 Å². The number of carbonyl (C=O) groups is 1. The van der Waals surface area contributed by atoms with Crippen LogP contribution in [0.5, 0.6) is 11.5 Å². The number of nitro benzene ring substituents is 1. The second-order valence-corrected chi connectivity index (χ2v) is 8.69. The van der Waals surface area contributed by atoms with Gasteiger partial charge in [0.25, 0.3) is 11.6 Å². The summed E-state index contributed by atoms with van der Waals surface area (Å²) in [5.74, 6) is 0.0928. The van der Waals surface area contributed by atoms with E-state index in [4.69, 9.17) is 14.5 Å². The van der Waals surface area contributed by atoms with Gasteiger partial charge in [0.1, 0.15) is 5.56 Å². The van der Waals surface area contributed by atoms with E-state index in [2.05, 4.69) is 30.9 Å². The fourth-order valence-corrected chi connectivity index (χ4v) is 5.15. The van der Waals surface area contributed by atoms with Crippen molar-refractivity contribution < 1.29 is 19.2 Å². The number of aromatic nitrogens is 1. The fraction of sp³-hybridized carbons (Fsp3) is 0.364. The number of piperazine rings is 1. The monoisotopic (exact) mass is 456 g/mol. The maximum absolute atomic E-state index is 13.2. The Labute approximate surface area is 189 Å². The molecule has 0 spiro atoms. The SMILES string of the molecule is COc1cc(C(=O)N2CCN(c3nc4c(C)cc(C)cc4s3)CC2)c([N+](=O)[O-])cc1OC. The molecule has 3 aromatic rings. The smallest absolute Gasteiger partial charge is 0.286 e. The highest BCUT2D eigenvalue weighted by Gasteiger charge is 2.30. The van der Waals surface area contributed by atoms with Gasteiger partial charge in [-0.25, -0.2) is 4.98 Å². The predicted molar refractivity (Wildman–Crippen MR) is 123 cm³/mol. The van der Waals surface area contributed by atoms with Gasteiger partial charge in [0.05, 0.1) is 35.4 Å². The highest BCUT2D eigenvalue weighted by atomic mass is 32.1. The van der Waals surface area contributed by atoms with Crippen molar-refractivity contribution in [1.82, 2.24) is 9.88 Å². The van der Waals surface area contributed by atoms with Crippen molar-refractivity contribution in [3.63, 3.8) is 0 Å². The van der Waals surface area contributed by atoms with Crippen LogP contribution in [-0.2, 0) is 0 Å². The molecule has 1 aromatic heterocycles. The molecule has 1 aliphatic rings. The van der Waals surface area contributed by atoms with Gasteiger partial charge in [-0.2, -0.15) is 0 Å². The van der Waals surface area contributed by atoms with Crippen LogP contribution in [0.2, 0.25) is 0 Å². The van der Waals surface area contributed by atoms with E-state index in [0.717, 1.165) is 20.9 Å². The molecule has 0 radical (unpaired) electrons. The van der Waals surface area contributed by atoms with Crippen LogP contribution in [0, 0.1) is 24.0 Å². The lowest BCUT2D eigenvalue weighted by Crippen LogP contribution is -2.48. The molecule has 1 fully saturated rings. The quantitative estimate of drug-likeness (QED) is 0.425. The van der Waals surface area contributed by atoms with Gasteiger partial charge in [0, 0.05) is 32.2 Å². The van der Waals surface area contributed by atoms with E-state index in [-0.39, 0.29) is 22.7 Å². The summed E-state index contributed by atoms with van der Waals surface area (Å²) >= 11 is 1.65. The number of rotatable bonds is 5. The van der Waals surface area contributed by atoms with E-state index < -0.39 is 10.8 Å². The number of ether oxygens (including phenoxy) is 2. The summed E-state index contributed by atoms with van der Waals surface area (Å²) < 4.78 is 11.5. The summed E-state index contributed by atoms with van der Waals surface area (Å²) in [7, 11) is 2.82. The summed E-state index contributed by atoms with van der Waals surface area (Å²) in [5.41, 5.74) is 3.06. The molecule has 168 valence electrons. The highest BCUT2D eigenvalue weighted by molar-refractivity contribution is 7.22. The summed E-state index contributed by atoms with van der Waals surface area (Å²) in [6, 6.07) is 6.87. The van der Waals surface area contributed by atoms with E-state index >= 15 is 0 Å². The largest absolute Gasteiger partial charge is 0.493 e. The molecule has 4 rings (SSSR count). The van der Waals surface area contributed by atoms with Gasteiger partial charge in [-0.3, -0.25) is 14.9 Å². The number of benzene rings is 2. The van der Waals surface area contributed by atoms with E-state index in [1.807, 2.05) is 0 Å². The molecule has 32 heavy (non-hydrogen) atoms. The van der Waals surface area contributed by atoms with Crippen molar-refractivity contribution >= 4 is 38.3 Å². The summed E-state index contributed by atoms with van der Waals surface area (Å²) in [5, 5.41) is 12.5. The molecule has 0 saturated carbocycles. The predicted octanol–water partition coefficient (Wildman–Crippen LogP) is 3.80. The molecule has 2 heterocycles. The molecule has 1 amide bonds. The van der Waals surface area contributed by atoms with Crippen LogP contribution in [0.4, 0.5) is 10.8 Å². The lowest BCUT2D eigenvalue weighted by molar-refractivity contribution is -0.385. The summed E-state index contributed by atoms with van der Waals surface area (Å²) in [6.07, 6.45) is 0. The van der Waals surface area contributed by atoms with Crippen molar-refractivity contribution in [3.8, 4) is 11.5 Å². The van der Waals surface area contributed by atoms with Crippen LogP contribution in [0.1, 0.15) is 21.5 Å². The van der Waals surface area contributed by atoms with Crippen LogP contribution in [0.25, 0.3) is 10.2 Å². The number of thiazole rings is 1. The number of hydrogen-bond acceptors (Lipinski definition) is 8. The second-order valence-electron chi connectivity index (χ2n) is 7.69. The number of amides is 1. The molecule has 9 nitrogen and oxygen atoms in total. The van der Waals surface area contributed by atoms with E-state index in [9.17, 15) is 14.9 Å². The van der Waals surface area contributed by atoms with Gasteiger partial charge in [-0.15, -0.1) is 0 Å². The maximum atomic E-state index is 13.2. The number of aryl methyl sites for hydroxylation is 2. The number of anilines is 1. The van der Waals surface area contributed by atoms with Crippen LogP contribution >= 0.6 is 11.3 Å². The third-order valence-corrected chi connectivity index (χ3v) is 6.65. The molecule has 0 bridgehead atoms. The lowest BCUT2D eigenvalue weighted by Gasteiger charge is -2.34. The first-order chi connectivity index (χ1) is 15.3. The molecule has 1 aliphatic heterocycles. The zero-order valence-corrected chi connectivity index (χ0v) is 19.2. The van der Waals surface area contributed by atoms with Crippen LogP contribution in [-0.4, -0.2) is 61.1 Å². The molecular formula is C22H24N4O5S. The standard InChI is InChI=1S/C22H24N4O5S/c1-13-9-14(2)20-19(10-13)32-22(23-20)25-7-5-24(6-8-25)21(27)15-11-17(30-3)18(31-4)12-16(15)26(28)29/h9-12H,5-8H2,1-4H3. The molecule has 0 atom stereocenters. The van der Waals surface area contributed by atoms with Gasteiger partial charge < -0.3 is 19.3 Å². The average Bonchev–Trinajstić information content (AvgIpc) is 3.22. The number of methoxy groups -OCH3 is 2. The minimum Gasteiger partial charge on any atom is -0.493 e. The zero-order valence-electron chi connectivity index (χ0n) is 18.4. The third kappa shape index (κ3) is 3.93. The molecular weight excluding hydrogens is 432 g/mol. The lowest BCUT2D eigenvalue weighted by atomic mass is 10.1. The summed E-state index contributed by atoms with van der Waals surface area (Å²) in [4.78, 5) is 32.8. The van der Waals surface area contributed by atoms with Gasteiger partial charge in [0.2, 0.25) is 0 Å². The second kappa shape index (κ2) is 8.62. The van der Waals surface area contributed by atoms with Crippen molar-refractivity contribution in [2.24, 2.45) is 0 Å². The van der Waals surface area contributed by atoms with Gasteiger partial charge in [0.15, 0.2) is 16.6 Å². The Bertz CT molecular complexity index is 1200. The molecule has 0 N–H and O–H groups in total. The third-order valence-electron chi connectivity index (χ3n) is 5.58. The zero-order chi connectivity index (χ0) is 23.0. The number of nitrogens with zero attached hydrogens (tertiary/aromatic N) is 4. The molecule has 1 saturated heterocycles. The highest BCUT2D eigenvalue weighted by Crippen LogP contribution is 2.36. The molecule has 10 heteroatoms. The molecule has 2 aromatic carbocycles.